The summed E-state index contributed by atoms with van der Waals surface area (Å²) in [7, 11) is 0. The molecule has 4 bridgehead atoms. The summed E-state index contributed by atoms with van der Waals surface area (Å²) in [5.74, 6) is 2.66. The van der Waals surface area contributed by atoms with E-state index in [1.807, 2.05) is 42.5 Å². The Morgan fingerprint density at radius 2 is 1.29 bits per heavy atom. The molecule has 0 aliphatic heterocycles. The van der Waals surface area contributed by atoms with Gasteiger partial charge in [0.2, 0.25) is 5.91 Å². The molecule has 2 aromatic rings. The van der Waals surface area contributed by atoms with Crippen LogP contribution in [0.1, 0.15) is 55.3 Å². The van der Waals surface area contributed by atoms with Crippen molar-refractivity contribution in [3.8, 4) is 11.1 Å². The zero-order chi connectivity index (χ0) is 21.3. The van der Waals surface area contributed by atoms with Gasteiger partial charge in [0, 0.05) is 25.1 Å². The van der Waals surface area contributed by atoms with Gasteiger partial charge >= 0.3 is 0 Å². The van der Waals surface area contributed by atoms with Gasteiger partial charge in [0.05, 0.1) is 0 Å². The monoisotopic (exact) mass is 416 g/mol. The zero-order valence-electron chi connectivity index (χ0n) is 18.1. The summed E-state index contributed by atoms with van der Waals surface area (Å²) < 4.78 is 0. The van der Waals surface area contributed by atoms with Gasteiger partial charge in [-0.2, -0.15) is 0 Å². The van der Waals surface area contributed by atoms with Gasteiger partial charge in [-0.05, 0) is 85.0 Å². The largest absolute Gasteiger partial charge is 0.354 e. The molecule has 0 heterocycles. The van der Waals surface area contributed by atoms with Crippen molar-refractivity contribution in [2.45, 2.75) is 44.9 Å². The topological polar surface area (TPSA) is 58.2 Å². The lowest BCUT2D eigenvalue weighted by Crippen LogP contribution is -2.48. The predicted molar refractivity (Wildman–Crippen MR) is 122 cm³/mol. The first-order valence-corrected chi connectivity index (χ1v) is 11.8. The van der Waals surface area contributed by atoms with Gasteiger partial charge in [-0.15, -0.1) is 0 Å². The number of hydrogen-bond acceptors (Lipinski definition) is 2. The molecule has 4 aliphatic rings. The van der Waals surface area contributed by atoms with Gasteiger partial charge < -0.3 is 10.6 Å². The minimum absolute atomic E-state index is 0.102. The van der Waals surface area contributed by atoms with E-state index in [9.17, 15) is 9.59 Å². The van der Waals surface area contributed by atoms with Crippen LogP contribution >= 0.6 is 0 Å². The number of hydrogen-bond donors (Lipinski definition) is 2. The lowest BCUT2D eigenvalue weighted by Gasteiger charge is -2.56. The van der Waals surface area contributed by atoms with Crippen molar-refractivity contribution in [3.63, 3.8) is 0 Å². The van der Waals surface area contributed by atoms with Gasteiger partial charge in [-0.1, -0.05) is 42.5 Å². The van der Waals surface area contributed by atoms with Crippen molar-refractivity contribution in [3.05, 3.63) is 60.2 Å². The Kier molecular flexibility index (Phi) is 5.56. The van der Waals surface area contributed by atoms with Crippen molar-refractivity contribution >= 4 is 11.8 Å². The third kappa shape index (κ3) is 4.53. The van der Waals surface area contributed by atoms with Crippen molar-refractivity contribution < 1.29 is 9.59 Å². The van der Waals surface area contributed by atoms with Gasteiger partial charge in [0.15, 0.2) is 0 Å². The second-order valence-corrected chi connectivity index (χ2v) is 10.1. The normalized spacial score (nSPS) is 28.3. The lowest BCUT2D eigenvalue weighted by molar-refractivity contribution is -0.129. The predicted octanol–water partition coefficient (Wildman–Crippen LogP) is 4.81. The number of carbonyl (C=O) groups excluding carboxylic acids is 2. The summed E-state index contributed by atoms with van der Waals surface area (Å²) in [6, 6.07) is 17.8. The van der Waals surface area contributed by atoms with Gasteiger partial charge in [0.1, 0.15) is 0 Å². The lowest BCUT2D eigenvalue weighted by atomic mass is 9.49. The Hall–Kier alpha value is -2.62. The molecule has 2 aromatic carbocycles. The maximum Gasteiger partial charge on any atom is 0.251 e. The van der Waals surface area contributed by atoms with Crippen molar-refractivity contribution in [1.29, 1.82) is 0 Å². The highest BCUT2D eigenvalue weighted by Gasteiger charge is 2.51. The minimum atomic E-state index is -0.102. The number of rotatable bonds is 7. The number of carbonyl (C=O) groups is 2. The number of benzene rings is 2. The molecular formula is C27H32N2O2. The van der Waals surface area contributed by atoms with Crippen molar-refractivity contribution in [2.75, 3.05) is 13.1 Å². The highest BCUT2D eigenvalue weighted by Crippen LogP contribution is 2.61. The van der Waals surface area contributed by atoms with Gasteiger partial charge in [-0.25, -0.2) is 0 Å². The van der Waals surface area contributed by atoms with E-state index in [2.05, 4.69) is 22.8 Å². The van der Waals surface area contributed by atoms with E-state index in [1.54, 1.807) is 0 Å². The molecule has 162 valence electrons. The molecule has 4 saturated carbocycles. The van der Waals surface area contributed by atoms with E-state index >= 15 is 0 Å². The third-order valence-corrected chi connectivity index (χ3v) is 7.69. The fraction of sp³-hybridized carbons (Fsp3) is 0.481. The summed E-state index contributed by atoms with van der Waals surface area (Å²) in [6.45, 7) is 0.935. The van der Waals surface area contributed by atoms with Crippen LogP contribution in [0.25, 0.3) is 11.1 Å². The van der Waals surface area contributed by atoms with Crippen LogP contribution in [0, 0.1) is 23.2 Å². The average molecular weight is 417 g/mol. The Bertz CT molecular complexity index is 900. The van der Waals surface area contributed by atoms with Crippen molar-refractivity contribution in [2.24, 2.45) is 23.2 Å². The molecule has 0 aromatic heterocycles. The Morgan fingerprint density at radius 3 is 1.90 bits per heavy atom. The molecule has 0 unspecified atom stereocenters. The van der Waals surface area contributed by atoms with Crippen molar-refractivity contribution in [1.82, 2.24) is 10.6 Å². The second kappa shape index (κ2) is 8.49. The van der Waals surface area contributed by atoms with Crippen LogP contribution in [0.2, 0.25) is 0 Å². The molecule has 31 heavy (non-hydrogen) atoms. The third-order valence-electron chi connectivity index (χ3n) is 7.69. The standard InChI is InChI=1S/C27H32N2O2/c30-25(18-27-15-19-12-20(16-27)14-21(13-19)17-27)28-10-11-29-26(31)24-8-6-23(7-9-24)22-4-2-1-3-5-22/h1-9,19-21H,10-18H2,(H,28,30)(H,29,31). The molecule has 4 fully saturated rings. The smallest absolute Gasteiger partial charge is 0.251 e. The molecule has 2 N–H and O–H groups in total. The molecule has 0 spiro atoms. The molecule has 4 aliphatic carbocycles. The quantitative estimate of drug-likeness (QED) is 0.637. The van der Waals surface area contributed by atoms with Crippen LogP contribution in [0.4, 0.5) is 0 Å². The fourth-order valence-corrected chi connectivity index (χ4v) is 6.83. The van der Waals surface area contributed by atoms with E-state index in [0.717, 1.165) is 28.9 Å². The summed E-state index contributed by atoms with van der Waals surface area (Å²) >= 11 is 0. The zero-order valence-corrected chi connectivity index (χ0v) is 18.1. The first-order valence-electron chi connectivity index (χ1n) is 11.8. The van der Waals surface area contributed by atoms with Crippen LogP contribution in [-0.2, 0) is 4.79 Å². The van der Waals surface area contributed by atoms with Crippen LogP contribution in [0.5, 0.6) is 0 Å². The van der Waals surface area contributed by atoms with Gasteiger partial charge in [-0.3, -0.25) is 9.59 Å². The maximum atomic E-state index is 12.6. The summed E-state index contributed by atoms with van der Waals surface area (Å²) in [4.78, 5) is 25.0. The van der Waals surface area contributed by atoms with E-state index < -0.39 is 0 Å². The number of amides is 2. The van der Waals surface area contributed by atoms with Crippen LogP contribution < -0.4 is 10.6 Å². The van der Waals surface area contributed by atoms with Crippen LogP contribution in [0.15, 0.2) is 54.6 Å². The van der Waals surface area contributed by atoms with E-state index in [0.29, 0.717) is 25.1 Å². The van der Waals surface area contributed by atoms with Gasteiger partial charge in [0.25, 0.3) is 5.91 Å². The SMILES string of the molecule is O=C(CC12CC3CC(CC(C3)C1)C2)NCCNC(=O)c1ccc(-c2ccccc2)cc1. The van der Waals surface area contributed by atoms with Crippen LogP contribution in [0.3, 0.4) is 0 Å². The summed E-state index contributed by atoms with van der Waals surface area (Å²) in [5.41, 5.74) is 3.13. The Balaban J connectivity index is 1.06. The molecule has 6 rings (SSSR count). The highest BCUT2D eigenvalue weighted by molar-refractivity contribution is 5.94. The first kappa shape index (κ1) is 20.3. The summed E-state index contributed by atoms with van der Waals surface area (Å²) in [6.07, 6.45) is 8.63. The summed E-state index contributed by atoms with van der Waals surface area (Å²) in [5, 5.41) is 5.96. The maximum absolute atomic E-state index is 12.6. The second-order valence-electron chi connectivity index (χ2n) is 10.1. The fourth-order valence-electron chi connectivity index (χ4n) is 6.83. The Morgan fingerprint density at radius 1 is 0.742 bits per heavy atom. The van der Waals surface area contributed by atoms with E-state index in [1.165, 1.54) is 38.5 Å². The first-order chi connectivity index (χ1) is 15.1. The molecule has 4 nitrogen and oxygen atoms in total. The molecule has 2 amide bonds. The molecule has 4 heteroatoms. The molecule has 0 radical (unpaired) electrons. The van der Waals surface area contributed by atoms with E-state index in [4.69, 9.17) is 0 Å². The Labute approximate surface area is 184 Å². The minimum Gasteiger partial charge on any atom is -0.354 e. The number of nitrogens with one attached hydrogen (secondary N) is 2. The molecule has 0 atom stereocenters. The molecular weight excluding hydrogens is 384 g/mol. The van der Waals surface area contributed by atoms with Crippen LogP contribution in [-0.4, -0.2) is 24.9 Å². The average Bonchev–Trinajstić information content (AvgIpc) is 2.76. The molecule has 0 saturated heterocycles. The highest BCUT2D eigenvalue weighted by atomic mass is 16.2. The van der Waals surface area contributed by atoms with E-state index in [-0.39, 0.29) is 17.2 Å².